The largest absolute Gasteiger partial charge is 0.472 e. The van der Waals surface area contributed by atoms with E-state index in [-0.39, 0.29) is 38.6 Å². The van der Waals surface area contributed by atoms with Crippen LogP contribution in [0.1, 0.15) is 316 Å². The van der Waals surface area contributed by atoms with Gasteiger partial charge in [-0.05, 0) is 12.8 Å². The molecule has 0 aliphatic heterocycles. The van der Waals surface area contributed by atoms with E-state index in [2.05, 4.69) is 13.8 Å². The number of phosphoric ester groups is 1. The zero-order valence-electron chi connectivity index (χ0n) is 44.0. The second-order valence-electron chi connectivity index (χ2n) is 19.9. The van der Waals surface area contributed by atoms with Crippen molar-refractivity contribution in [3.8, 4) is 0 Å². The summed E-state index contributed by atoms with van der Waals surface area (Å²) in [5.74, 6) is -0.821. The fraction of sp³-hybridized carbons (Fsp3) is 0.964. The van der Waals surface area contributed by atoms with Gasteiger partial charge in [0.25, 0.3) is 0 Å². The molecule has 66 heavy (non-hydrogen) atoms. The van der Waals surface area contributed by atoms with Gasteiger partial charge in [-0.1, -0.05) is 290 Å². The highest BCUT2D eigenvalue weighted by Crippen LogP contribution is 2.43. The second kappa shape index (κ2) is 53.4. The Kier molecular flexibility index (Phi) is 52.6. The Morgan fingerprint density at radius 2 is 0.652 bits per heavy atom. The highest BCUT2D eigenvalue weighted by Gasteiger charge is 2.26. The van der Waals surface area contributed by atoms with Gasteiger partial charge in [0.05, 0.1) is 13.2 Å². The van der Waals surface area contributed by atoms with Gasteiger partial charge in [0.15, 0.2) is 6.10 Å². The standard InChI is InChI=1S/C56H112NO8P/c1-3-5-7-9-11-12-13-14-15-16-17-18-19-20-21-22-23-24-25-26-27-28-29-30-31-32-33-34-35-36-37-38-39-40-41-42-43-45-47-49-56(59)65-54(53-64-66(60,61)63-51-50-57)52-62-55(58)48-46-44-10-8-6-4-2/h54H,3-53,57H2,1-2H3,(H,60,61). The predicted molar refractivity (Wildman–Crippen MR) is 280 cm³/mol. The van der Waals surface area contributed by atoms with Crippen molar-refractivity contribution in [3.05, 3.63) is 0 Å². The lowest BCUT2D eigenvalue weighted by molar-refractivity contribution is -0.161. The highest BCUT2D eigenvalue weighted by atomic mass is 31.2. The molecule has 394 valence electrons. The molecule has 0 aliphatic carbocycles. The third kappa shape index (κ3) is 52.4. The minimum atomic E-state index is -4.36. The van der Waals surface area contributed by atoms with Crippen LogP contribution in [0.2, 0.25) is 0 Å². The average Bonchev–Trinajstić information content (AvgIpc) is 3.31. The Morgan fingerprint density at radius 1 is 0.394 bits per heavy atom. The lowest BCUT2D eigenvalue weighted by Gasteiger charge is -2.19. The number of hydrogen-bond acceptors (Lipinski definition) is 8. The first-order valence-corrected chi connectivity index (χ1v) is 30.5. The molecule has 0 aromatic heterocycles. The van der Waals surface area contributed by atoms with E-state index >= 15 is 0 Å². The van der Waals surface area contributed by atoms with Gasteiger partial charge in [-0.2, -0.15) is 0 Å². The molecule has 0 heterocycles. The van der Waals surface area contributed by atoms with Crippen LogP contribution in [0.15, 0.2) is 0 Å². The van der Waals surface area contributed by atoms with Crippen molar-refractivity contribution < 1.29 is 37.6 Å². The first-order chi connectivity index (χ1) is 32.3. The predicted octanol–water partition coefficient (Wildman–Crippen LogP) is 17.9. The highest BCUT2D eigenvalue weighted by molar-refractivity contribution is 7.47. The molecule has 10 heteroatoms. The summed E-state index contributed by atoms with van der Waals surface area (Å²) in [6, 6.07) is 0. The first kappa shape index (κ1) is 65.0. The van der Waals surface area contributed by atoms with Gasteiger partial charge < -0.3 is 20.1 Å². The van der Waals surface area contributed by atoms with Crippen LogP contribution < -0.4 is 5.73 Å². The molecule has 2 unspecified atom stereocenters. The van der Waals surface area contributed by atoms with E-state index in [1.54, 1.807) is 0 Å². The van der Waals surface area contributed by atoms with Crippen molar-refractivity contribution in [1.29, 1.82) is 0 Å². The maximum Gasteiger partial charge on any atom is 0.472 e. The number of ether oxygens (including phenoxy) is 2. The monoisotopic (exact) mass is 958 g/mol. The molecule has 0 aromatic rings. The van der Waals surface area contributed by atoms with Gasteiger partial charge in [-0.3, -0.25) is 18.6 Å². The maximum absolute atomic E-state index is 12.6. The zero-order chi connectivity index (χ0) is 48.1. The summed E-state index contributed by atoms with van der Waals surface area (Å²) < 4.78 is 32.7. The molecule has 0 aromatic carbocycles. The minimum Gasteiger partial charge on any atom is -0.462 e. The third-order valence-corrected chi connectivity index (χ3v) is 14.2. The first-order valence-electron chi connectivity index (χ1n) is 29.0. The van der Waals surface area contributed by atoms with E-state index in [1.165, 1.54) is 244 Å². The summed E-state index contributed by atoms with van der Waals surface area (Å²) in [7, 11) is -4.36. The Labute approximate surface area is 409 Å². The van der Waals surface area contributed by atoms with Gasteiger partial charge in [0.2, 0.25) is 0 Å². The van der Waals surface area contributed by atoms with E-state index in [0.29, 0.717) is 6.42 Å². The Bertz CT molecular complexity index is 1050. The average molecular weight is 958 g/mol. The van der Waals surface area contributed by atoms with Crippen LogP contribution in [0.4, 0.5) is 0 Å². The Hall–Kier alpha value is -0.990. The fourth-order valence-corrected chi connectivity index (χ4v) is 9.70. The summed E-state index contributed by atoms with van der Waals surface area (Å²) in [5, 5.41) is 0. The van der Waals surface area contributed by atoms with Gasteiger partial charge in [0.1, 0.15) is 6.61 Å². The fourth-order valence-electron chi connectivity index (χ4n) is 8.93. The molecule has 0 saturated heterocycles. The molecule has 0 amide bonds. The Morgan fingerprint density at radius 3 is 0.924 bits per heavy atom. The lowest BCUT2D eigenvalue weighted by Crippen LogP contribution is -2.29. The minimum absolute atomic E-state index is 0.0577. The van der Waals surface area contributed by atoms with Crippen LogP contribution in [0.25, 0.3) is 0 Å². The molecule has 0 bridgehead atoms. The number of carbonyl (C=O) groups is 2. The normalized spacial score (nSPS) is 13.0. The van der Waals surface area contributed by atoms with Crippen LogP contribution in [-0.2, 0) is 32.7 Å². The van der Waals surface area contributed by atoms with E-state index in [0.717, 1.165) is 38.5 Å². The van der Waals surface area contributed by atoms with E-state index in [1.807, 2.05) is 0 Å². The van der Waals surface area contributed by atoms with Gasteiger partial charge in [-0.15, -0.1) is 0 Å². The summed E-state index contributed by atoms with van der Waals surface area (Å²) in [5.41, 5.74) is 5.35. The van der Waals surface area contributed by atoms with Crippen LogP contribution in [0.3, 0.4) is 0 Å². The van der Waals surface area contributed by atoms with Crippen molar-refractivity contribution in [2.24, 2.45) is 5.73 Å². The number of esters is 2. The van der Waals surface area contributed by atoms with E-state index < -0.39 is 26.5 Å². The molecule has 3 N–H and O–H groups in total. The SMILES string of the molecule is CCCCCCCCCCCCCCCCCCCCCCCCCCCCCCCCCCCCCCCCCC(=O)OC(COC(=O)CCCCCCCC)COP(=O)(O)OCCN. The summed E-state index contributed by atoms with van der Waals surface area (Å²) in [6.45, 7) is 3.71. The Balaban J connectivity index is 3.57. The van der Waals surface area contributed by atoms with E-state index in [9.17, 15) is 19.0 Å². The molecular weight excluding hydrogens is 846 g/mol. The quantitative estimate of drug-likeness (QED) is 0.0347. The number of phosphoric acid groups is 1. The van der Waals surface area contributed by atoms with Crippen LogP contribution in [-0.4, -0.2) is 49.3 Å². The van der Waals surface area contributed by atoms with Gasteiger partial charge in [-0.25, -0.2) is 4.57 Å². The smallest absolute Gasteiger partial charge is 0.462 e. The molecule has 0 spiro atoms. The van der Waals surface area contributed by atoms with E-state index in [4.69, 9.17) is 24.3 Å². The summed E-state index contributed by atoms with van der Waals surface area (Å²) in [6.07, 6.45) is 59.7. The third-order valence-electron chi connectivity index (χ3n) is 13.2. The molecular formula is C56H112NO8P. The maximum atomic E-state index is 12.6. The number of nitrogens with two attached hydrogens (primary N) is 1. The lowest BCUT2D eigenvalue weighted by atomic mass is 10.0. The van der Waals surface area contributed by atoms with Crippen molar-refractivity contribution in [2.75, 3.05) is 26.4 Å². The number of hydrogen-bond donors (Lipinski definition) is 2. The molecule has 9 nitrogen and oxygen atoms in total. The zero-order valence-corrected chi connectivity index (χ0v) is 44.9. The van der Waals surface area contributed by atoms with Crippen molar-refractivity contribution >= 4 is 19.8 Å². The van der Waals surface area contributed by atoms with Crippen molar-refractivity contribution in [3.63, 3.8) is 0 Å². The van der Waals surface area contributed by atoms with Gasteiger partial charge >= 0.3 is 19.8 Å². The van der Waals surface area contributed by atoms with Crippen molar-refractivity contribution in [1.82, 2.24) is 0 Å². The number of unbranched alkanes of at least 4 members (excludes halogenated alkanes) is 43. The molecule has 2 atom stereocenters. The second-order valence-corrected chi connectivity index (χ2v) is 21.3. The van der Waals surface area contributed by atoms with Crippen LogP contribution in [0, 0.1) is 0 Å². The molecule has 0 fully saturated rings. The van der Waals surface area contributed by atoms with Crippen molar-refractivity contribution in [2.45, 2.75) is 322 Å². The molecule has 0 saturated carbocycles. The summed E-state index contributed by atoms with van der Waals surface area (Å²) in [4.78, 5) is 34.7. The summed E-state index contributed by atoms with van der Waals surface area (Å²) >= 11 is 0. The topological polar surface area (TPSA) is 134 Å². The molecule has 0 aliphatic rings. The molecule has 0 radical (unpaired) electrons. The molecule has 0 rings (SSSR count). The van der Waals surface area contributed by atoms with Crippen LogP contribution in [0.5, 0.6) is 0 Å². The number of rotatable bonds is 56. The van der Waals surface area contributed by atoms with Crippen LogP contribution >= 0.6 is 7.82 Å². The van der Waals surface area contributed by atoms with Gasteiger partial charge in [0, 0.05) is 19.4 Å². The number of carbonyl (C=O) groups excluding carboxylic acids is 2.